The first-order valence-electron chi connectivity index (χ1n) is 8.02. The van der Waals surface area contributed by atoms with Crippen molar-refractivity contribution in [3.63, 3.8) is 0 Å². The van der Waals surface area contributed by atoms with Crippen LogP contribution in [0.4, 0.5) is 11.6 Å². The number of anilines is 2. The topological polar surface area (TPSA) is 68.9 Å². The minimum atomic E-state index is 0.541. The van der Waals surface area contributed by atoms with Crippen LogP contribution in [0.1, 0.15) is 23.9 Å². The molecule has 1 saturated heterocycles. The first kappa shape index (κ1) is 16.5. The number of aryl methyl sites for hydroxylation is 1. The summed E-state index contributed by atoms with van der Waals surface area (Å²) in [7, 11) is 0. The Morgan fingerprint density at radius 3 is 2.46 bits per heavy atom. The molecule has 3 rings (SSSR count). The third-order valence-electron chi connectivity index (χ3n) is 4.19. The number of hydrogen-bond donors (Lipinski definition) is 0. The summed E-state index contributed by atoms with van der Waals surface area (Å²) in [4.78, 5) is 17.6. The van der Waals surface area contributed by atoms with Gasteiger partial charge in [-0.1, -0.05) is 18.5 Å². The normalized spacial score (nSPS) is 14.6. The van der Waals surface area contributed by atoms with Crippen molar-refractivity contribution in [2.24, 2.45) is 0 Å². The lowest BCUT2D eigenvalue weighted by Crippen LogP contribution is -2.47. The van der Waals surface area contributed by atoms with Crippen LogP contribution in [-0.4, -0.2) is 41.1 Å². The van der Waals surface area contributed by atoms with E-state index >= 15 is 0 Å². The highest BCUT2D eigenvalue weighted by Crippen LogP contribution is 2.27. The quantitative estimate of drug-likeness (QED) is 0.798. The summed E-state index contributed by atoms with van der Waals surface area (Å²) in [6, 6.07) is 5.81. The van der Waals surface area contributed by atoms with Crippen LogP contribution >= 0.6 is 11.6 Å². The minimum absolute atomic E-state index is 0.541. The van der Waals surface area contributed by atoms with E-state index in [1.807, 2.05) is 6.92 Å². The maximum atomic E-state index is 9.25. The van der Waals surface area contributed by atoms with Gasteiger partial charge in [0.25, 0.3) is 0 Å². The average molecular weight is 343 g/mol. The lowest BCUT2D eigenvalue weighted by atomic mass is 10.2. The van der Waals surface area contributed by atoms with Gasteiger partial charge in [0.05, 0.1) is 5.56 Å². The zero-order chi connectivity index (χ0) is 17.1. The van der Waals surface area contributed by atoms with Crippen LogP contribution in [0.5, 0.6) is 0 Å². The molecule has 24 heavy (non-hydrogen) atoms. The van der Waals surface area contributed by atoms with Crippen LogP contribution in [0.15, 0.2) is 18.3 Å². The predicted octanol–water partition coefficient (Wildman–Crippen LogP) is 2.59. The van der Waals surface area contributed by atoms with Gasteiger partial charge >= 0.3 is 0 Å². The first-order valence-corrected chi connectivity index (χ1v) is 8.39. The van der Waals surface area contributed by atoms with Gasteiger partial charge in [-0.05, 0) is 25.5 Å². The molecule has 7 heteroatoms. The molecule has 0 radical (unpaired) electrons. The molecule has 3 heterocycles. The van der Waals surface area contributed by atoms with E-state index in [0.717, 1.165) is 49.8 Å². The van der Waals surface area contributed by atoms with Crippen molar-refractivity contribution >= 4 is 23.2 Å². The fourth-order valence-corrected chi connectivity index (χ4v) is 3.32. The van der Waals surface area contributed by atoms with Gasteiger partial charge in [0.2, 0.25) is 0 Å². The highest BCUT2D eigenvalue weighted by atomic mass is 35.5. The molecule has 0 spiro atoms. The van der Waals surface area contributed by atoms with E-state index in [1.54, 1.807) is 18.3 Å². The molecular formula is C17H19ClN6. The molecular weight excluding hydrogens is 324 g/mol. The van der Waals surface area contributed by atoms with Crippen molar-refractivity contribution < 1.29 is 0 Å². The van der Waals surface area contributed by atoms with E-state index in [1.165, 1.54) is 0 Å². The Morgan fingerprint density at radius 2 is 1.83 bits per heavy atom. The first-order chi connectivity index (χ1) is 11.6. The van der Waals surface area contributed by atoms with Gasteiger partial charge in [-0.25, -0.2) is 15.0 Å². The molecule has 2 aromatic rings. The molecule has 0 N–H and O–H groups in total. The van der Waals surface area contributed by atoms with Crippen LogP contribution in [-0.2, 0) is 6.42 Å². The van der Waals surface area contributed by atoms with Gasteiger partial charge in [0.15, 0.2) is 0 Å². The average Bonchev–Trinajstić information content (AvgIpc) is 2.61. The molecule has 124 valence electrons. The van der Waals surface area contributed by atoms with Crippen molar-refractivity contribution in [1.29, 1.82) is 5.26 Å². The maximum absolute atomic E-state index is 9.25. The van der Waals surface area contributed by atoms with Crippen LogP contribution < -0.4 is 9.80 Å². The smallest absolute Gasteiger partial charge is 0.146 e. The molecule has 0 amide bonds. The number of nitriles is 1. The van der Waals surface area contributed by atoms with Gasteiger partial charge in [0, 0.05) is 37.9 Å². The molecule has 0 aromatic carbocycles. The van der Waals surface area contributed by atoms with E-state index in [2.05, 4.69) is 37.7 Å². The summed E-state index contributed by atoms with van der Waals surface area (Å²) >= 11 is 6.28. The number of halogens is 1. The van der Waals surface area contributed by atoms with Gasteiger partial charge in [-0.3, -0.25) is 0 Å². The number of aromatic nitrogens is 3. The molecule has 0 aliphatic carbocycles. The van der Waals surface area contributed by atoms with Crippen LogP contribution in [0.3, 0.4) is 0 Å². The Labute approximate surface area is 146 Å². The molecule has 0 unspecified atom stereocenters. The molecule has 0 bridgehead atoms. The lowest BCUT2D eigenvalue weighted by molar-refractivity contribution is 0.636. The summed E-state index contributed by atoms with van der Waals surface area (Å²) in [5.41, 5.74) is 1.60. The lowest BCUT2D eigenvalue weighted by Gasteiger charge is -2.37. The Morgan fingerprint density at radius 1 is 1.17 bits per heavy atom. The fraction of sp³-hybridized carbons (Fsp3) is 0.412. The molecule has 0 saturated carbocycles. The SMILES string of the molecule is CCc1c(Cl)nc(C)nc1N1CCN(c2ncccc2C#N)CC1. The largest absolute Gasteiger partial charge is 0.353 e. The Hall–Kier alpha value is -2.39. The fourth-order valence-electron chi connectivity index (χ4n) is 2.98. The second kappa shape index (κ2) is 7.02. The number of pyridine rings is 1. The third-order valence-corrected chi connectivity index (χ3v) is 4.50. The molecule has 2 aromatic heterocycles. The van der Waals surface area contributed by atoms with Crippen LogP contribution in [0, 0.1) is 18.3 Å². The molecule has 1 aliphatic heterocycles. The second-order valence-electron chi connectivity index (χ2n) is 5.68. The van der Waals surface area contributed by atoms with Crippen molar-refractivity contribution in [2.45, 2.75) is 20.3 Å². The molecule has 1 aliphatic rings. The van der Waals surface area contributed by atoms with Crippen molar-refractivity contribution in [1.82, 2.24) is 15.0 Å². The minimum Gasteiger partial charge on any atom is -0.353 e. The van der Waals surface area contributed by atoms with E-state index < -0.39 is 0 Å². The van der Waals surface area contributed by atoms with Gasteiger partial charge < -0.3 is 9.80 Å². The van der Waals surface area contributed by atoms with Crippen molar-refractivity contribution in [3.8, 4) is 6.07 Å². The molecule has 6 nitrogen and oxygen atoms in total. The van der Waals surface area contributed by atoms with E-state index in [4.69, 9.17) is 11.6 Å². The molecule has 1 fully saturated rings. The highest BCUT2D eigenvalue weighted by Gasteiger charge is 2.23. The van der Waals surface area contributed by atoms with E-state index in [0.29, 0.717) is 16.5 Å². The van der Waals surface area contributed by atoms with Crippen molar-refractivity contribution in [3.05, 3.63) is 40.4 Å². The summed E-state index contributed by atoms with van der Waals surface area (Å²) in [5, 5.41) is 9.79. The number of piperazine rings is 1. The highest BCUT2D eigenvalue weighted by molar-refractivity contribution is 6.30. The monoisotopic (exact) mass is 342 g/mol. The zero-order valence-electron chi connectivity index (χ0n) is 13.8. The third kappa shape index (κ3) is 3.13. The van der Waals surface area contributed by atoms with E-state index in [9.17, 15) is 5.26 Å². The zero-order valence-corrected chi connectivity index (χ0v) is 14.6. The maximum Gasteiger partial charge on any atom is 0.146 e. The second-order valence-corrected chi connectivity index (χ2v) is 6.04. The van der Waals surface area contributed by atoms with Crippen LogP contribution in [0.2, 0.25) is 5.15 Å². The predicted molar refractivity (Wildman–Crippen MR) is 94.5 cm³/mol. The number of nitrogens with zero attached hydrogens (tertiary/aromatic N) is 6. The Kier molecular flexibility index (Phi) is 4.81. The summed E-state index contributed by atoms with van der Waals surface area (Å²) < 4.78 is 0. The standard InChI is InChI=1S/C17H19ClN6/c1-3-14-15(18)21-12(2)22-17(14)24-9-7-23(8-10-24)16-13(11-19)5-4-6-20-16/h4-6H,3,7-10H2,1-2H3. The molecule has 0 atom stereocenters. The summed E-state index contributed by atoms with van der Waals surface area (Å²) in [5.74, 6) is 2.37. The Bertz CT molecular complexity index is 777. The van der Waals surface area contributed by atoms with Gasteiger partial charge in [-0.2, -0.15) is 5.26 Å². The Balaban J connectivity index is 1.80. The van der Waals surface area contributed by atoms with E-state index in [-0.39, 0.29) is 0 Å². The summed E-state index contributed by atoms with van der Waals surface area (Å²) in [6.45, 7) is 7.11. The van der Waals surface area contributed by atoms with Gasteiger partial charge in [-0.15, -0.1) is 0 Å². The van der Waals surface area contributed by atoms with Gasteiger partial charge in [0.1, 0.15) is 28.7 Å². The summed E-state index contributed by atoms with van der Waals surface area (Å²) in [6.07, 6.45) is 2.53. The number of rotatable bonds is 3. The number of hydrogen-bond acceptors (Lipinski definition) is 6. The van der Waals surface area contributed by atoms with Crippen molar-refractivity contribution in [2.75, 3.05) is 36.0 Å². The van der Waals surface area contributed by atoms with Crippen LogP contribution in [0.25, 0.3) is 0 Å².